The zero-order valence-electron chi connectivity index (χ0n) is 14.4. The highest BCUT2D eigenvalue weighted by Crippen LogP contribution is 2.18. The van der Waals surface area contributed by atoms with E-state index in [0.717, 1.165) is 29.5 Å². The van der Waals surface area contributed by atoms with Gasteiger partial charge in [-0.3, -0.25) is 9.69 Å². The number of aliphatic hydroxyl groups is 1. The maximum atomic E-state index is 12.4. The van der Waals surface area contributed by atoms with E-state index >= 15 is 0 Å². The van der Waals surface area contributed by atoms with Gasteiger partial charge in [0.1, 0.15) is 17.4 Å². The summed E-state index contributed by atoms with van der Waals surface area (Å²) in [6.45, 7) is 4.23. The minimum Gasteiger partial charge on any atom is -0.486 e. The number of halogens is 1. The number of hydrogen-bond acceptors (Lipinski definition) is 6. The van der Waals surface area contributed by atoms with Gasteiger partial charge in [0.25, 0.3) is 0 Å². The number of amides is 1. The van der Waals surface area contributed by atoms with Gasteiger partial charge in [-0.15, -0.1) is 11.3 Å². The molecular weight excluding hydrogens is 374 g/mol. The summed E-state index contributed by atoms with van der Waals surface area (Å²) in [4.78, 5) is 21.0. The van der Waals surface area contributed by atoms with Gasteiger partial charge in [0, 0.05) is 43.1 Å². The van der Waals surface area contributed by atoms with Crippen LogP contribution >= 0.6 is 22.9 Å². The number of aromatic nitrogens is 1. The minimum atomic E-state index is 0.101. The molecule has 26 heavy (non-hydrogen) atoms. The Balaban J connectivity index is 1.46. The standard InChI is InChI=1S/C18H22ClN3O3S/c19-14-1-3-16(4-2-14)25-12-17-20-15(13-26-17)11-18(24)22-7-5-21(6-8-22)9-10-23/h1-4,13,23H,5-12H2. The van der Waals surface area contributed by atoms with E-state index in [-0.39, 0.29) is 12.5 Å². The molecule has 0 unspecified atom stereocenters. The van der Waals surface area contributed by atoms with Crippen LogP contribution in [0.3, 0.4) is 0 Å². The number of ether oxygens (including phenoxy) is 1. The van der Waals surface area contributed by atoms with Crippen molar-refractivity contribution in [1.82, 2.24) is 14.8 Å². The van der Waals surface area contributed by atoms with E-state index in [1.807, 2.05) is 22.4 Å². The van der Waals surface area contributed by atoms with Crippen molar-refractivity contribution in [2.24, 2.45) is 0 Å². The first kappa shape index (κ1) is 19.1. The SMILES string of the molecule is O=C(Cc1csc(COc2ccc(Cl)cc2)n1)N1CCN(CCO)CC1. The molecule has 1 saturated heterocycles. The maximum absolute atomic E-state index is 12.4. The highest BCUT2D eigenvalue weighted by molar-refractivity contribution is 7.09. The van der Waals surface area contributed by atoms with Gasteiger partial charge < -0.3 is 14.7 Å². The Morgan fingerprint density at radius 2 is 1.96 bits per heavy atom. The number of thiazole rings is 1. The third-order valence-electron chi connectivity index (χ3n) is 4.25. The summed E-state index contributed by atoms with van der Waals surface area (Å²) in [5.74, 6) is 0.840. The molecule has 1 aliphatic rings. The van der Waals surface area contributed by atoms with E-state index in [0.29, 0.717) is 37.7 Å². The van der Waals surface area contributed by atoms with Gasteiger partial charge in [0.15, 0.2) is 0 Å². The lowest BCUT2D eigenvalue weighted by atomic mass is 10.2. The molecule has 1 aliphatic heterocycles. The number of nitrogens with zero attached hydrogens (tertiary/aromatic N) is 3. The van der Waals surface area contributed by atoms with Gasteiger partial charge in [-0.25, -0.2) is 4.98 Å². The monoisotopic (exact) mass is 395 g/mol. The second-order valence-electron chi connectivity index (χ2n) is 6.10. The molecule has 2 heterocycles. The van der Waals surface area contributed by atoms with Crippen LogP contribution in [0.4, 0.5) is 0 Å². The van der Waals surface area contributed by atoms with Gasteiger partial charge in [0.05, 0.1) is 18.7 Å². The third kappa shape index (κ3) is 5.41. The third-order valence-corrected chi connectivity index (χ3v) is 5.37. The van der Waals surface area contributed by atoms with Gasteiger partial charge >= 0.3 is 0 Å². The summed E-state index contributed by atoms with van der Waals surface area (Å²) in [6.07, 6.45) is 0.317. The Bertz CT molecular complexity index is 715. The second-order valence-corrected chi connectivity index (χ2v) is 7.48. The molecule has 1 amide bonds. The van der Waals surface area contributed by atoms with E-state index in [1.54, 1.807) is 12.1 Å². The summed E-state index contributed by atoms with van der Waals surface area (Å²) in [5, 5.41) is 12.4. The normalized spacial score (nSPS) is 15.2. The molecule has 8 heteroatoms. The Labute approximate surface area is 162 Å². The summed E-state index contributed by atoms with van der Waals surface area (Å²) in [7, 11) is 0. The predicted octanol–water partition coefficient (Wildman–Crippen LogP) is 2.05. The van der Waals surface area contributed by atoms with Crippen molar-refractivity contribution >= 4 is 28.8 Å². The van der Waals surface area contributed by atoms with E-state index in [2.05, 4.69) is 9.88 Å². The molecule has 3 rings (SSSR count). The molecule has 0 spiro atoms. The molecule has 0 saturated carbocycles. The molecule has 1 aromatic carbocycles. The van der Waals surface area contributed by atoms with Gasteiger partial charge in [-0.2, -0.15) is 0 Å². The van der Waals surface area contributed by atoms with Crippen LogP contribution in [0.15, 0.2) is 29.6 Å². The van der Waals surface area contributed by atoms with E-state index in [4.69, 9.17) is 21.4 Å². The van der Waals surface area contributed by atoms with Crippen LogP contribution in [0.1, 0.15) is 10.7 Å². The molecule has 1 aromatic heterocycles. The van der Waals surface area contributed by atoms with Crippen molar-refractivity contribution < 1.29 is 14.6 Å². The average Bonchev–Trinajstić information content (AvgIpc) is 3.09. The van der Waals surface area contributed by atoms with Crippen LogP contribution in [0.2, 0.25) is 5.02 Å². The Hall–Kier alpha value is -1.67. The first-order valence-electron chi connectivity index (χ1n) is 8.56. The maximum Gasteiger partial charge on any atom is 0.228 e. The fraction of sp³-hybridized carbons (Fsp3) is 0.444. The quantitative estimate of drug-likeness (QED) is 0.777. The summed E-state index contributed by atoms with van der Waals surface area (Å²) >= 11 is 7.35. The van der Waals surface area contributed by atoms with Crippen LogP contribution in [0.5, 0.6) is 5.75 Å². The Kier molecular flexibility index (Phi) is 6.85. The second kappa shape index (κ2) is 9.32. The zero-order valence-corrected chi connectivity index (χ0v) is 16.0. The van der Waals surface area contributed by atoms with E-state index in [9.17, 15) is 4.79 Å². The fourth-order valence-electron chi connectivity index (χ4n) is 2.80. The number of piperazine rings is 1. The van der Waals surface area contributed by atoms with Gasteiger partial charge in [0.2, 0.25) is 5.91 Å². The lowest BCUT2D eigenvalue weighted by Crippen LogP contribution is -2.49. The van der Waals surface area contributed by atoms with Crippen molar-refractivity contribution in [2.75, 3.05) is 39.3 Å². The number of carbonyl (C=O) groups is 1. The fourth-order valence-corrected chi connectivity index (χ4v) is 3.63. The summed E-state index contributed by atoms with van der Waals surface area (Å²) in [5.41, 5.74) is 0.785. The molecule has 2 aromatic rings. The highest BCUT2D eigenvalue weighted by Gasteiger charge is 2.21. The molecule has 0 radical (unpaired) electrons. The predicted molar refractivity (Wildman–Crippen MR) is 102 cm³/mol. The molecular formula is C18H22ClN3O3S. The lowest BCUT2D eigenvalue weighted by Gasteiger charge is -2.34. The highest BCUT2D eigenvalue weighted by atomic mass is 35.5. The smallest absolute Gasteiger partial charge is 0.228 e. The van der Waals surface area contributed by atoms with Gasteiger partial charge in [-0.05, 0) is 24.3 Å². The van der Waals surface area contributed by atoms with Crippen LogP contribution in [-0.2, 0) is 17.8 Å². The van der Waals surface area contributed by atoms with Crippen LogP contribution in [0, 0.1) is 0 Å². The van der Waals surface area contributed by atoms with Crippen LogP contribution in [0.25, 0.3) is 0 Å². The number of hydrogen-bond donors (Lipinski definition) is 1. The van der Waals surface area contributed by atoms with Crippen LogP contribution in [-0.4, -0.2) is 65.1 Å². The molecule has 1 N–H and O–H groups in total. The number of benzene rings is 1. The lowest BCUT2D eigenvalue weighted by molar-refractivity contribution is -0.132. The Morgan fingerprint density at radius 3 is 2.65 bits per heavy atom. The molecule has 140 valence electrons. The molecule has 0 atom stereocenters. The number of aliphatic hydroxyl groups excluding tert-OH is 1. The molecule has 6 nitrogen and oxygen atoms in total. The zero-order chi connectivity index (χ0) is 18.4. The minimum absolute atomic E-state index is 0.101. The molecule has 0 bridgehead atoms. The van der Waals surface area contributed by atoms with Crippen molar-refractivity contribution in [3.05, 3.63) is 45.4 Å². The van der Waals surface area contributed by atoms with Crippen LogP contribution < -0.4 is 4.74 Å². The van der Waals surface area contributed by atoms with Crippen molar-refractivity contribution in [3.63, 3.8) is 0 Å². The largest absolute Gasteiger partial charge is 0.486 e. The molecule has 1 fully saturated rings. The van der Waals surface area contributed by atoms with E-state index < -0.39 is 0 Å². The van der Waals surface area contributed by atoms with E-state index in [1.165, 1.54) is 11.3 Å². The number of rotatable bonds is 7. The average molecular weight is 396 g/mol. The van der Waals surface area contributed by atoms with Crippen molar-refractivity contribution in [3.8, 4) is 5.75 Å². The topological polar surface area (TPSA) is 65.9 Å². The molecule has 0 aliphatic carbocycles. The Morgan fingerprint density at radius 1 is 1.23 bits per heavy atom. The van der Waals surface area contributed by atoms with Gasteiger partial charge in [-0.1, -0.05) is 11.6 Å². The number of carbonyl (C=O) groups excluding carboxylic acids is 1. The summed E-state index contributed by atoms with van der Waals surface area (Å²) in [6, 6.07) is 7.19. The van der Waals surface area contributed by atoms with Crippen molar-refractivity contribution in [1.29, 1.82) is 0 Å². The number of β-amino-alcohol motifs (C(OH)–C–C–N with tert-alkyl or cyclic N) is 1. The van der Waals surface area contributed by atoms with Crippen molar-refractivity contribution in [2.45, 2.75) is 13.0 Å². The first-order chi connectivity index (χ1) is 12.6. The summed E-state index contributed by atoms with van der Waals surface area (Å²) < 4.78 is 5.68. The first-order valence-corrected chi connectivity index (χ1v) is 9.82.